The zero-order valence-corrected chi connectivity index (χ0v) is 13.8. The number of carbonyl (C=O) groups is 1. The van der Waals surface area contributed by atoms with E-state index < -0.39 is 6.61 Å². The zero-order valence-electron chi connectivity index (χ0n) is 13.8. The molecular formula is C16H15F2N5O2. The maximum absolute atomic E-state index is 12.6. The maximum atomic E-state index is 12.6. The van der Waals surface area contributed by atoms with Gasteiger partial charge in [-0.1, -0.05) is 5.21 Å². The van der Waals surface area contributed by atoms with Crippen molar-refractivity contribution in [2.75, 3.05) is 0 Å². The topological polar surface area (TPSA) is 74.8 Å². The van der Waals surface area contributed by atoms with Crippen molar-refractivity contribution in [3.8, 4) is 11.4 Å². The first kappa shape index (κ1) is 16.7. The molecule has 0 fully saturated rings. The molecule has 0 spiro atoms. The van der Waals surface area contributed by atoms with Crippen molar-refractivity contribution in [1.82, 2.24) is 24.8 Å². The number of aromatic nitrogens is 5. The van der Waals surface area contributed by atoms with E-state index in [2.05, 4.69) is 20.1 Å². The smallest absolute Gasteiger partial charge is 0.387 e. The number of rotatable bonds is 4. The molecule has 3 aromatic rings. The van der Waals surface area contributed by atoms with Gasteiger partial charge in [0.25, 0.3) is 0 Å². The molecule has 0 saturated carbocycles. The molecular weight excluding hydrogens is 332 g/mol. The molecule has 0 saturated heterocycles. The van der Waals surface area contributed by atoms with Crippen LogP contribution < -0.4 is 4.74 Å². The molecule has 0 aliphatic heterocycles. The third-order valence-corrected chi connectivity index (χ3v) is 3.61. The summed E-state index contributed by atoms with van der Waals surface area (Å²) in [4.78, 5) is 12.6. The summed E-state index contributed by atoms with van der Waals surface area (Å²) in [6.45, 7) is 2.38. The number of hydrogen-bond acceptors (Lipinski definition) is 5. The molecule has 130 valence electrons. The lowest BCUT2D eigenvalue weighted by Gasteiger charge is -2.07. The summed E-state index contributed by atoms with van der Waals surface area (Å²) < 4.78 is 31.4. The van der Waals surface area contributed by atoms with E-state index in [0.29, 0.717) is 17.1 Å². The molecule has 7 nitrogen and oxygen atoms in total. The number of ether oxygens (including phenoxy) is 1. The summed E-state index contributed by atoms with van der Waals surface area (Å²) in [7, 11) is 0. The van der Waals surface area contributed by atoms with E-state index in [1.165, 1.54) is 21.5 Å². The Balaban J connectivity index is 1.91. The molecule has 0 N–H and O–H groups in total. The van der Waals surface area contributed by atoms with Crippen LogP contribution in [0.1, 0.15) is 27.6 Å². The van der Waals surface area contributed by atoms with E-state index in [1.54, 1.807) is 39.0 Å². The SMILES string of the molecule is Cc1cc(C)n(C(=O)c2nnn(-c3ccc(OC(F)F)cc3)c2C)n1. The standard InChI is InChI=1S/C16H15F2N5O2/c1-9-8-10(2)22(20-9)15(24)14-11(3)23(21-19-14)12-4-6-13(7-5-12)25-16(17)18/h4-8,16H,1-3H3. The van der Waals surface area contributed by atoms with Gasteiger partial charge in [0.1, 0.15) is 5.75 Å². The van der Waals surface area contributed by atoms with Gasteiger partial charge in [0.15, 0.2) is 5.69 Å². The van der Waals surface area contributed by atoms with Crippen LogP contribution in [0.5, 0.6) is 5.75 Å². The maximum Gasteiger partial charge on any atom is 0.387 e. The van der Waals surface area contributed by atoms with Gasteiger partial charge in [-0.2, -0.15) is 18.6 Å². The van der Waals surface area contributed by atoms with Crippen LogP contribution in [0.3, 0.4) is 0 Å². The molecule has 0 aliphatic carbocycles. The van der Waals surface area contributed by atoms with Crippen molar-refractivity contribution >= 4 is 5.91 Å². The summed E-state index contributed by atoms with van der Waals surface area (Å²) in [6, 6.07) is 7.68. The second-order valence-corrected chi connectivity index (χ2v) is 5.45. The van der Waals surface area contributed by atoms with Crippen molar-refractivity contribution in [2.24, 2.45) is 0 Å². The number of nitrogens with zero attached hydrogens (tertiary/aromatic N) is 5. The quantitative estimate of drug-likeness (QED) is 0.725. The summed E-state index contributed by atoms with van der Waals surface area (Å²) in [5.74, 6) is -0.345. The largest absolute Gasteiger partial charge is 0.435 e. The molecule has 25 heavy (non-hydrogen) atoms. The molecule has 0 amide bonds. The van der Waals surface area contributed by atoms with Crippen LogP contribution in [-0.2, 0) is 0 Å². The van der Waals surface area contributed by atoms with E-state index in [9.17, 15) is 13.6 Å². The lowest BCUT2D eigenvalue weighted by molar-refractivity contribution is -0.0498. The van der Waals surface area contributed by atoms with Gasteiger partial charge in [-0.3, -0.25) is 4.79 Å². The third-order valence-electron chi connectivity index (χ3n) is 3.61. The van der Waals surface area contributed by atoms with Gasteiger partial charge in [0.2, 0.25) is 0 Å². The Labute approximate surface area is 141 Å². The molecule has 9 heteroatoms. The first-order chi connectivity index (χ1) is 11.9. The Morgan fingerprint density at radius 2 is 1.84 bits per heavy atom. The van der Waals surface area contributed by atoms with Crippen molar-refractivity contribution in [1.29, 1.82) is 0 Å². The molecule has 2 heterocycles. The molecule has 0 unspecified atom stereocenters. The average molecular weight is 347 g/mol. The predicted octanol–water partition coefficient (Wildman–Crippen LogP) is 2.68. The van der Waals surface area contributed by atoms with E-state index in [4.69, 9.17) is 0 Å². The highest BCUT2D eigenvalue weighted by Crippen LogP contribution is 2.19. The van der Waals surface area contributed by atoms with Crippen LogP contribution in [0.4, 0.5) is 8.78 Å². The van der Waals surface area contributed by atoms with Crippen LogP contribution in [0.15, 0.2) is 30.3 Å². The fraction of sp³-hybridized carbons (Fsp3) is 0.250. The number of alkyl halides is 2. The Hall–Kier alpha value is -3.10. The second-order valence-electron chi connectivity index (χ2n) is 5.45. The van der Waals surface area contributed by atoms with Gasteiger partial charge in [-0.15, -0.1) is 5.10 Å². The Kier molecular flexibility index (Phi) is 4.30. The minimum atomic E-state index is -2.89. The number of halogens is 2. The molecule has 1 aromatic carbocycles. The highest BCUT2D eigenvalue weighted by atomic mass is 19.3. The lowest BCUT2D eigenvalue weighted by atomic mass is 10.2. The van der Waals surface area contributed by atoms with Gasteiger partial charge in [0, 0.05) is 5.69 Å². The molecule has 2 aromatic heterocycles. The van der Waals surface area contributed by atoms with Crippen LogP contribution >= 0.6 is 0 Å². The number of benzene rings is 1. The Bertz CT molecular complexity index is 915. The van der Waals surface area contributed by atoms with E-state index in [-0.39, 0.29) is 17.4 Å². The highest BCUT2D eigenvalue weighted by Gasteiger charge is 2.21. The van der Waals surface area contributed by atoms with Gasteiger partial charge < -0.3 is 4.74 Å². The average Bonchev–Trinajstić information content (AvgIpc) is 3.09. The van der Waals surface area contributed by atoms with Crippen molar-refractivity contribution in [3.05, 3.63) is 53.1 Å². The monoisotopic (exact) mass is 347 g/mol. The fourth-order valence-electron chi connectivity index (χ4n) is 2.48. The highest BCUT2D eigenvalue weighted by molar-refractivity contribution is 5.94. The van der Waals surface area contributed by atoms with Crippen LogP contribution in [0, 0.1) is 20.8 Å². The molecule has 3 rings (SSSR count). The zero-order chi connectivity index (χ0) is 18.1. The fourth-order valence-corrected chi connectivity index (χ4v) is 2.48. The van der Waals surface area contributed by atoms with Gasteiger partial charge in [0.05, 0.1) is 17.1 Å². The van der Waals surface area contributed by atoms with Gasteiger partial charge in [-0.05, 0) is 51.1 Å². The normalized spacial score (nSPS) is 11.1. The van der Waals surface area contributed by atoms with Crippen LogP contribution in [0.2, 0.25) is 0 Å². The lowest BCUT2D eigenvalue weighted by Crippen LogP contribution is -2.17. The van der Waals surface area contributed by atoms with Crippen molar-refractivity contribution in [2.45, 2.75) is 27.4 Å². The number of aryl methyl sites for hydroxylation is 2. The van der Waals surface area contributed by atoms with Crippen molar-refractivity contribution < 1.29 is 18.3 Å². The van der Waals surface area contributed by atoms with Crippen LogP contribution in [-0.4, -0.2) is 37.3 Å². The van der Waals surface area contributed by atoms with E-state index in [0.717, 1.165) is 5.69 Å². The minimum Gasteiger partial charge on any atom is -0.435 e. The van der Waals surface area contributed by atoms with E-state index >= 15 is 0 Å². The van der Waals surface area contributed by atoms with Gasteiger partial charge in [-0.25, -0.2) is 4.68 Å². The minimum absolute atomic E-state index is 0.0375. The first-order valence-electron chi connectivity index (χ1n) is 7.42. The number of hydrogen-bond donors (Lipinski definition) is 0. The Morgan fingerprint density at radius 1 is 1.16 bits per heavy atom. The summed E-state index contributed by atoms with van der Waals surface area (Å²) in [5.41, 5.74) is 2.67. The summed E-state index contributed by atoms with van der Waals surface area (Å²) >= 11 is 0. The summed E-state index contributed by atoms with van der Waals surface area (Å²) in [5, 5.41) is 12.1. The van der Waals surface area contributed by atoms with E-state index in [1.807, 2.05) is 0 Å². The predicted molar refractivity (Wildman–Crippen MR) is 84.2 cm³/mol. The van der Waals surface area contributed by atoms with Crippen molar-refractivity contribution in [3.63, 3.8) is 0 Å². The molecule has 0 aliphatic rings. The number of carbonyl (C=O) groups excluding carboxylic acids is 1. The molecule has 0 radical (unpaired) electrons. The van der Waals surface area contributed by atoms with Crippen LogP contribution in [0.25, 0.3) is 5.69 Å². The third kappa shape index (κ3) is 3.25. The first-order valence-corrected chi connectivity index (χ1v) is 7.42. The van der Waals surface area contributed by atoms with Gasteiger partial charge >= 0.3 is 12.5 Å². The molecule has 0 bridgehead atoms. The Morgan fingerprint density at radius 3 is 2.40 bits per heavy atom. The second kappa shape index (κ2) is 6.42. The molecule has 0 atom stereocenters. The summed E-state index contributed by atoms with van der Waals surface area (Å²) in [6.07, 6.45) is 0.